The van der Waals surface area contributed by atoms with Crippen molar-refractivity contribution in [2.24, 2.45) is 0 Å². The molecule has 0 atom stereocenters. The summed E-state index contributed by atoms with van der Waals surface area (Å²) >= 11 is 0. The van der Waals surface area contributed by atoms with Crippen molar-refractivity contribution in [3.05, 3.63) is 66.2 Å². The minimum absolute atomic E-state index is 0.127. The Morgan fingerprint density at radius 3 is 2.00 bits per heavy atom. The predicted molar refractivity (Wildman–Crippen MR) is 94.5 cm³/mol. The van der Waals surface area contributed by atoms with Crippen LogP contribution < -0.4 is 4.90 Å². The third kappa shape index (κ3) is 4.13. The summed E-state index contributed by atoms with van der Waals surface area (Å²) in [7, 11) is 0. The molecule has 0 saturated carbocycles. The molecule has 1 heterocycles. The summed E-state index contributed by atoms with van der Waals surface area (Å²) < 4.78 is 0. The van der Waals surface area contributed by atoms with Crippen molar-refractivity contribution in [1.29, 1.82) is 0 Å². The summed E-state index contributed by atoms with van der Waals surface area (Å²) in [6, 6.07) is 20.3. The lowest BCUT2D eigenvalue weighted by atomic mass is 10.2. The minimum atomic E-state index is 0.127. The van der Waals surface area contributed by atoms with Crippen molar-refractivity contribution >= 4 is 11.7 Å². The van der Waals surface area contributed by atoms with E-state index in [1.54, 1.807) is 0 Å². The van der Waals surface area contributed by atoms with Gasteiger partial charge in [-0.05, 0) is 30.5 Å². The molecule has 3 heteroatoms. The van der Waals surface area contributed by atoms with Crippen LogP contribution in [0.2, 0.25) is 0 Å². The van der Waals surface area contributed by atoms with E-state index < -0.39 is 0 Å². The first kappa shape index (κ1) is 15.6. The maximum absolute atomic E-state index is 13.1. The summed E-state index contributed by atoms with van der Waals surface area (Å²) in [6.07, 6.45) is 4.68. The Balaban J connectivity index is 1.83. The molecule has 1 saturated heterocycles. The van der Waals surface area contributed by atoms with Crippen molar-refractivity contribution in [3.8, 4) is 0 Å². The molecule has 0 bridgehead atoms. The molecule has 0 radical (unpaired) electrons. The average molecular weight is 308 g/mol. The number of likely N-dealkylation sites (tertiary alicyclic amines) is 1. The van der Waals surface area contributed by atoms with Gasteiger partial charge in [-0.3, -0.25) is 4.90 Å². The molecule has 3 nitrogen and oxygen atoms in total. The van der Waals surface area contributed by atoms with E-state index in [9.17, 15) is 4.79 Å². The molecule has 23 heavy (non-hydrogen) atoms. The van der Waals surface area contributed by atoms with E-state index >= 15 is 0 Å². The lowest BCUT2D eigenvalue weighted by molar-refractivity contribution is 0.206. The quantitative estimate of drug-likeness (QED) is 0.807. The first-order valence-corrected chi connectivity index (χ1v) is 8.50. The van der Waals surface area contributed by atoms with Crippen LogP contribution in [0.4, 0.5) is 10.5 Å². The third-order valence-corrected chi connectivity index (χ3v) is 4.36. The van der Waals surface area contributed by atoms with Crippen LogP contribution in [0.5, 0.6) is 0 Å². The molecule has 2 amide bonds. The van der Waals surface area contributed by atoms with E-state index in [0.717, 1.165) is 37.2 Å². The van der Waals surface area contributed by atoms with Gasteiger partial charge in [0, 0.05) is 18.8 Å². The second-order valence-corrected chi connectivity index (χ2v) is 6.09. The molecule has 1 aliphatic rings. The lowest BCUT2D eigenvalue weighted by Gasteiger charge is -2.30. The molecule has 1 aliphatic heterocycles. The van der Waals surface area contributed by atoms with E-state index in [4.69, 9.17) is 0 Å². The monoisotopic (exact) mass is 308 g/mol. The molecule has 0 spiro atoms. The van der Waals surface area contributed by atoms with Gasteiger partial charge >= 0.3 is 6.03 Å². The average Bonchev–Trinajstić information content (AvgIpc) is 2.90. The number of hydrogen-bond acceptors (Lipinski definition) is 1. The number of para-hydroxylation sites is 1. The summed E-state index contributed by atoms with van der Waals surface area (Å²) in [4.78, 5) is 17.0. The molecule has 0 aliphatic carbocycles. The second-order valence-electron chi connectivity index (χ2n) is 6.09. The molecule has 1 fully saturated rings. The zero-order chi connectivity index (χ0) is 15.9. The number of nitrogens with zero attached hydrogens (tertiary/aromatic N) is 2. The van der Waals surface area contributed by atoms with Gasteiger partial charge in [-0.1, -0.05) is 61.4 Å². The summed E-state index contributed by atoms with van der Waals surface area (Å²) in [5, 5.41) is 0. The van der Waals surface area contributed by atoms with Crippen molar-refractivity contribution in [3.63, 3.8) is 0 Å². The van der Waals surface area contributed by atoms with Crippen LogP contribution in [0.3, 0.4) is 0 Å². The SMILES string of the molecule is O=C(N1CCCCCC1)N(Cc1ccccc1)c1ccccc1. The molecular formula is C20H24N2O. The highest BCUT2D eigenvalue weighted by Gasteiger charge is 2.23. The number of hydrogen-bond donors (Lipinski definition) is 0. The normalized spacial score (nSPS) is 15.0. The summed E-state index contributed by atoms with van der Waals surface area (Å²) in [5.41, 5.74) is 2.12. The largest absolute Gasteiger partial charge is 0.324 e. The van der Waals surface area contributed by atoms with Gasteiger partial charge < -0.3 is 4.90 Å². The van der Waals surface area contributed by atoms with Crippen molar-refractivity contribution in [2.75, 3.05) is 18.0 Å². The molecule has 0 unspecified atom stereocenters. The van der Waals surface area contributed by atoms with Gasteiger partial charge in [0.2, 0.25) is 0 Å². The van der Waals surface area contributed by atoms with Gasteiger partial charge in [0.25, 0.3) is 0 Å². The Bertz CT molecular complexity index is 604. The number of benzene rings is 2. The van der Waals surface area contributed by atoms with Crippen molar-refractivity contribution in [1.82, 2.24) is 4.90 Å². The van der Waals surface area contributed by atoms with Crippen LogP contribution >= 0.6 is 0 Å². The predicted octanol–water partition coefficient (Wildman–Crippen LogP) is 4.69. The topological polar surface area (TPSA) is 23.6 Å². The Morgan fingerprint density at radius 1 is 0.826 bits per heavy atom. The maximum Gasteiger partial charge on any atom is 0.324 e. The molecule has 2 aromatic rings. The van der Waals surface area contributed by atoms with Gasteiger partial charge in [-0.2, -0.15) is 0 Å². The summed E-state index contributed by atoms with van der Waals surface area (Å²) in [5.74, 6) is 0. The van der Waals surface area contributed by atoms with E-state index in [1.165, 1.54) is 12.8 Å². The Hall–Kier alpha value is -2.29. The fourth-order valence-corrected chi connectivity index (χ4v) is 3.08. The van der Waals surface area contributed by atoms with Crippen LogP contribution in [-0.2, 0) is 6.54 Å². The second kappa shape index (κ2) is 7.82. The highest BCUT2D eigenvalue weighted by molar-refractivity contribution is 5.92. The van der Waals surface area contributed by atoms with Gasteiger partial charge in [0.05, 0.1) is 6.54 Å². The van der Waals surface area contributed by atoms with Crippen LogP contribution in [-0.4, -0.2) is 24.0 Å². The van der Waals surface area contributed by atoms with Gasteiger partial charge in [-0.25, -0.2) is 4.79 Å². The molecule has 2 aromatic carbocycles. The fraction of sp³-hybridized carbons (Fsp3) is 0.350. The minimum Gasteiger partial charge on any atom is -0.324 e. The smallest absolute Gasteiger partial charge is 0.324 e. The van der Waals surface area contributed by atoms with Gasteiger partial charge in [-0.15, -0.1) is 0 Å². The number of rotatable bonds is 3. The Morgan fingerprint density at radius 2 is 1.39 bits per heavy atom. The molecular weight excluding hydrogens is 284 g/mol. The van der Waals surface area contributed by atoms with Crippen molar-refractivity contribution < 1.29 is 4.79 Å². The first-order chi connectivity index (χ1) is 11.3. The molecule has 0 N–H and O–H groups in total. The van der Waals surface area contributed by atoms with E-state index in [2.05, 4.69) is 12.1 Å². The van der Waals surface area contributed by atoms with Gasteiger partial charge in [0.15, 0.2) is 0 Å². The lowest BCUT2D eigenvalue weighted by Crippen LogP contribution is -2.43. The fourth-order valence-electron chi connectivity index (χ4n) is 3.08. The molecule has 0 aromatic heterocycles. The number of anilines is 1. The number of urea groups is 1. The third-order valence-electron chi connectivity index (χ3n) is 4.36. The van der Waals surface area contributed by atoms with Crippen LogP contribution in [0.1, 0.15) is 31.2 Å². The van der Waals surface area contributed by atoms with Crippen LogP contribution in [0.15, 0.2) is 60.7 Å². The summed E-state index contributed by atoms with van der Waals surface area (Å²) in [6.45, 7) is 2.36. The highest BCUT2D eigenvalue weighted by atomic mass is 16.2. The van der Waals surface area contributed by atoms with Crippen molar-refractivity contribution in [2.45, 2.75) is 32.2 Å². The van der Waals surface area contributed by atoms with E-state index in [-0.39, 0.29) is 6.03 Å². The Labute approximate surface area is 138 Å². The molecule has 120 valence electrons. The molecule has 3 rings (SSSR count). The van der Waals surface area contributed by atoms with Crippen LogP contribution in [0, 0.1) is 0 Å². The highest BCUT2D eigenvalue weighted by Crippen LogP contribution is 2.20. The number of carbonyl (C=O) groups is 1. The zero-order valence-electron chi connectivity index (χ0n) is 13.5. The maximum atomic E-state index is 13.1. The Kier molecular flexibility index (Phi) is 5.30. The zero-order valence-corrected chi connectivity index (χ0v) is 13.5. The standard InChI is InChI=1S/C20H24N2O/c23-20(21-15-9-1-2-10-16-21)22(19-13-7-4-8-14-19)17-18-11-5-3-6-12-18/h3-8,11-14H,1-2,9-10,15-17H2. The first-order valence-electron chi connectivity index (χ1n) is 8.50. The van der Waals surface area contributed by atoms with E-state index in [0.29, 0.717) is 6.54 Å². The number of amides is 2. The van der Waals surface area contributed by atoms with Gasteiger partial charge in [0.1, 0.15) is 0 Å². The van der Waals surface area contributed by atoms with E-state index in [1.807, 2.05) is 58.3 Å². The number of carbonyl (C=O) groups excluding carboxylic acids is 1. The van der Waals surface area contributed by atoms with Crippen LogP contribution in [0.25, 0.3) is 0 Å².